The Bertz CT molecular complexity index is 303. The molecule has 1 rings (SSSR count). The summed E-state index contributed by atoms with van der Waals surface area (Å²) in [4.78, 5) is 11.1. The molecule has 0 aromatic rings. The molecular formula is C12H20Cl2N2O. The van der Waals surface area contributed by atoms with E-state index in [9.17, 15) is 4.79 Å². The van der Waals surface area contributed by atoms with Crippen molar-refractivity contribution in [2.75, 3.05) is 6.54 Å². The number of carbonyl (C=O) groups excluding carboxylic acids is 1. The van der Waals surface area contributed by atoms with Crippen LogP contribution in [0.4, 0.5) is 0 Å². The van der Waals surface area contributed by atoms with E-state index in [0.29, 0.717) is 18.0 Å². The Hall–Kier alpha value is -0.250. The molecule has 0 bridgehead atoms. The smallest absolute Gasteiger partial charge is 0.220 e. The molecule has 2 atom stereocenters. The molecule has 0 saturated carbocycles. The van der Waals surface area contributed by atoms with Crippen LogP contribution in [0.1, 0.15) is 39.0 Å². The van der Waals surface area contributed by atoms with Gasteiger partial charge < -0.3 is 11.1 Å². The van der Waals surface area contributed by atoms with Crippen LogP contribution in [0.25, 0.3) is 0 Å². The molecule has 17 heavy (non-hydrogen) atoms. The molecule has 1 aliphatic carbocycles. The first-order valence-corrected chi connectivity index (χ1v) is 6.77. The Kier molecular flexibility index (Phi) is 5.77. The first-order chi connectivity index (χ1) is 7.95. The van der Waals surface area contributed by atoms with Crippen LogP contribution in [0.15, 0.2) is 11.1 Å². The highest BCUT2D eigenvalue weighted by molar-refractivity contribution is 6.39. The molecule has 0 saturated heterocycles. The predicted molar refractivity (Wildman–Crippen MR) is 72.3 cm³/mol. The summed E-state index contributed by atoms with van der Waals surface area (Å²) in [6.07, 6.45) is 5.70. The monoisotopic (exact) mass is 278 g/mol. The van der Waals surface area contributed by atoms with E-state index >= 15 is 0 Å². The first-order valence-electron chi connectivity index (χ1n) is 6.02. The molecule has 98 valence electrons. The van der Waals surface area contributed by atoms with Crippen LogP contribution in [0.3, 0.4) is 0 Å². The third kappa shape index (κ3) is 4.86. The fourth-order valence-corrected chi connectivity index (χ4v) is 2.22. The van der Waals surface area contributed by atoms with Crippen LogP contribution in [-0.2, 0) is 4.79 Å². The number of hydrogen-bond acceptors (Lipinski definition) is 2. The number of amides is 1. The SMILES string of the molecule is CC1(Cl)CCC(NC(=O)CCCCN)C=C1Cl. The zero-order valence-electron chi connectivity index (χ0n) is 10.1. The minimum atomic E-state index is -0.470. The number of rotatable bonds is 5. The van der Waals surface area contributed by atoms with Crippen molar-refractivity contribution in [2.45, 2.75) is 49.9 Å². The van der Waals surface area contributed by atoms with Gasteiger partial charge in [0.1, 0.15) is 0 Å². The summed E-state index contributed by atoms with van der Waals surface area (Å²) in [6, 6.07) is 0.0136. The molecule has 0 spiro atoms. The van der Waals surface area contributed by atoms with E-state index in [1.807, 2.05) is 13.0 Å². The Balaban J connectivity index is 2.38. The van der Waals surface area contributed by atoms with Gasteiger partial charge in [-0.2, -0.15) is 0 Å². The number of unbranched alkanes of at least 4 members (excludes halogenated alkanes) is 1. The van der Waals surface area contributed by atoms with Crippen molar-refractivity contribution in [1.82, 2.24) is 5.32 Å². The topological polar surface area (TPSA) is 55.1 Å². The minimum Gasteiger partial charge on any atom is -0.350 e. The second-order valence-electron chi connectivity index (χ2n) is 4.67. The molecule has 0 aromatic carbocycles. The normalized spacial score (nSPS) is 28.7. The van der Waals surface area contributed by atoms with Gasteiger partial charge in [0.2, 0.25) is 5.91 Å². The number of hydrogen-bond donors (Lipinski definition) is 2. The van der Waals surface area contributed by atoms with Crippen molar-refractivity contribution < 1.29 is 4.79 Å². The lowest BCUT2D eigenvalue weighted by molar-refractivity contribution is -0.121. The zero-order chi connectivity index (χ0) is 12.9. The summed E-state index contributed by atoms with van der Waals surface area (Å²) >= 11 is 12.3. The van der Waals surface area contributed by atoms with Gasteiger partial charge in [0.05, 0.1) is 4.87 Å². The molecule has 0 fully saturated rings. The first kappa shape index (κ1) is 14.8. The van der Waals surface area contributed by atoms with Crippen molar-refractivity contribution in [3.05, 3.63) is 11.1 Å². The van der Waals surface area contributed by atoms with Crippen molar-refractivity contribution in [1.29, 1.82) is 0 Å². The second kappa shape index (κ2) is 6.62. The van der Waals surface area contributed by atoms with E-state index in [1.165, 1.54) is 0 Å². The van der Waals surface area contributed by atoms with Gasteiger partial charge in [0, 0.05) is 17.5 Å². The van der Waals surface area contributed by atoms with Gasteiger partial charge in [-0.15, -0.1) is 11.6 Å². The van der Waals surface area contributed by atoms with Crippen LogP contribution in [0.5, 0.6) is 0 Å². The summed E-state index contributed by atoms with van der Waals surface area (Å²) in [5, 5.41) is 3.57. The number of halogens is 2. The highest BCUT2D eigenvalue weighted by atomic mass is 35.5. The van der Waals surface area contributed by atoms with Crippen molar-refractivity contribution in [2.24, 2.45) is 5.73 Å². The fraction of sp³-hybridized carbons (Fsp3) is 0.750. The molecule has 2 unspecified atom stereocenters. The maximum atomic E-state index is 11.6. The van der Waals surface area contributed by atoms with E-state index in [-0.39, 0.29) is 11.9 Å². The summed E-state index contributed by atoms with van der Waals surface area (Å²) < 4.78 is 0. The summed E-state index contributed by atoms with van der Waals surface area (Å²) in [7, 11) is 0. The van der Waals surface area contributed by atoms with Crippen molar-refractivity contribution in [3.8, 4) is 0 Å². The maximum Gasteiger partial charge on any atom is 0.220 e. The number of carbonyl (C=O) groups is 1. The van der Waals surface area contributed by atoms with Crippen LogP contribution in [0.2, 0.25) is 0 Å². The Morgan fingerprint density at radius 1 is 1.65 bits per heavy atom. The van der Waals surface area contributed by atoms with Gasteiger partial charge in [0.25, 0.3) is 0 Å². The van der Waals surface area contributed by atoms with Crippen LogP contribution < -0.4 is 11.1 Å². The molecule has 5 heteroatoms. The van der Waals surface area contributed by atoms with Gasteiger partial charge in [-0.3, -0.25) is 4.79 Å². The van der Waals surface area contributed by atoms with Gasteiger partial charge in [-0.05, 0) is 45.2 Å². The Morgan fingerprint density at radius 2 is 2.35 bits per heavy atom. The van der Waals surface area contributed by atoms with Gasteiger partial charge >= 0.3 is 0 Å². The molecule has 3 nitrogen and oxygen atoms in total. The van der Waals surface area contributed by atoms with Crippen molar-refractivity contribution >= 4 is 29.1 Å². The van der Waals surface area contributed by atoms with Crippen LogP contribution in [-0.4, -0.2) is 23.4 Å². The molecule has 0 aliphatic heterocycles. The maximum absolute atomic E-state index is 11.6. The van der Waals surface area contributed by atoms with E-state index in [4.69, 9.17) is 28.9 Å². The summed E-state index contributed by atoms with van der Waals surface area (Å²) in [5.74, 6) is 0.0577. The number of alkyl halides is 1. The van der Waals surface area contributed by atoms with Crippen LogP contribution in [0, 0.1) is 0 Å². The molecule has 1 aliphatic rings. The predicted octanol–water partition coefficient (Wildman–Crippen LogP) is 2.51. The lowest BCUT2D eigenvalue weighted by atomic mass is 9.93. The average molecular weight is 279 g/mol. The largest absolute Gasteiger partial charge is 0.350 e. The summed E-state index contributed by atoms with van der Waals surface area (Å²) in [6.45, 7) is 2.53. The zero-order valence-corrected chi connectivity index (χ0v) is 11.7. The second-order valence-corrected chi connectivity index (χ2v) is 5.91. The molecule has 3 N–H and O–H groups in total. The highest BCUT2D eigenvalue weighted by Crippen LogP contribution is 2.37. The lowest BCUT2D eigenvalue weighted by Gasteiger charge is -2.30. The summed E-state index contributed by atoms with van der Waals surface area (Å²) in [5.41, 5.74) is 5.37. The fourth-order valence-electron chi connectivity index (χ4n) is 1.80. The number of nitrogens with two attached hydrogens (primary N) is 1. The van der Waals surface area contributed by atoms with Gasteiger partial charge in [-0.1, -0.05) is 11.6 Å². The Morgan fingerprint density at radius 3 is 2.94 bits per heavy atom. The van der Waals surface area contributed by atoms with Crippen LogP contribution >= 0.6 is 23.2 Å². The standard InChI is InChI=1S/C12H20Cl2N2O/c1-12(14)6-5-9(8-10(12)13)16-11(17)4-2-3-7-15/h8-9H,2-7,15H2,1H3,(H,16,17). The quantitative estimate of drug-likeness (QED) is 0.600. The van der Waals surface area contributed by atoms with E-state index in [0.717, 1.165) is 25.7 Å². The van der Waals surface area contributed by atoms with E-state index in [1.54, 1.807) is 0 Å². The molecule has 1 amide bonds. The molecule has 0 heterocycles. The van der Waals surface area contributed by atoms with E-state index < -0.39 is 4.87 Å². The van der Waals surface area contributed by atoms with E-state index in [2.05, 4.69) is 5.32 Å². The minimum absolute atomic E-state index is 0.0136. The third-order valence-corrected chi connectivity index (χ3v) is 4.01. The van der Waals surface area contributed by atoms with Gasteiger partial charge in [0.15, 0.2) is 0 Å². The number of nitrogens with one attached hydrogen (secondary N) is 1. The number of allylic oxidation sites excluding steroid dienone is 1. The Labute approximate surface area is 113 Å². The molecular weight excluding hydrogens is 259 g/mol. The lowest BCUT2D eigenvalue weighted by Crippen LogP contribution is -2.38. The van der Waals surface area contributed by atoms with Crippen molar-refractivity contribution in [3.63, 3.8) is 0 Å². The van der Waals surface area contributed by atoms with Gasteiger partial charge in [-0.25, -0.2) is 0 Å². The molecule has 0 aromatic heterocycles. The average Bonchev–Trinajstić information content (AvgIpc) is 2.24. The third-order valence-electron chi connectivity index (χ3n) is 2.97. The highest BCUT2D eigenvalue weighted by Gasteiger charge is 2.31. The molecule has 0 radical (unpaired) electrons.